The number of benzene rings is 2. The highest BCUT2D eigenvalue weighted by atomic mass is 32.1. The van der Waals surface area contributed by atoms with Gasteiger partial charge in [0.2, 0.25) is 11.8 Å². The third-order valence-corrected chi connectivity index (χ3v) is 7.64. The maximum absolute atomic E-state index is 13.3. The predicted octanol–water partition coefficient (Wildman–Crippen LogP) is 4.22. The second-order valence-electron chi connectivity index (χ2n) is 9.34. The van der Waals surface area contributed by atoms with Crippen LogP contribution in [0, 0.1) is 17.6 Å². The van der Waals surface area contributed by atoms with Gasteiger partial charge in [-0.2, -0.15) is 0 Å². The quantitative estimate of drug-likeness (QED) is 0.326. The molecule has 1 aliphatic carbocycles. The summed E-state index contributed by atoms with van der Waals surface area (Å²) in [6.45, 7) is 1.52. The van der Waals surface area contributed by atoms with Gasteiger partial charge in [-0.1, -0.05) is 12.1 Å². The molecule has 1 aliphatic rings. The van der Waals surface area contributed by atoms with Crippen molar-refractivity contribution in [2.24, 2.45) is 5.92 Å². The van der Waals surface area contributed by atoms with E-state index >= 15 is 0 Å². The van der Waals surface area contributed by atoms with Crippen molar-refractivity contribution >= 4 is 39.8 Å². The molecule has 8 nitrogen and oxygen atoms in total. The Morgan fingerprint density at radius 2 is 1.87 bits per heavy atom. The van der Waals surface area contributed by atoms with E-state index < -0.39 is 35.5 Å². The highest BCUT2D eigenvalue weighted by molar-refractivity contribution is 7.17. The number of aryl methyl sites for hydroxylation is 1. The maximum atomic E-state index is 13.3. The Kier molecular flexibility index (Phi) is 6.94. The number of nitrogens with zero attached hydrogens (tertiary/aromatic N) is 2. The highest BCUT2D eigenvalue weighted by Gasteiger charge is 2.28. The van der Waals surface area contributed by atoms with E-state index in [4.69, 9.17) is 4.98 Å². The molecule has 5 rings (SSSR count). The molecule has 0 aliphatic heterocycles. The first-order valence-corrected chi connectivity index (χ1v) is 12.9. The van der Waals surface area contributed by atoms with Crippen LogP contribution in [0.3, 0.4) is 0 Å². The van der Waals surface area contributed by atoms with Crippen LogP contribution < -0.4 is 10.6 Å². The van der Waals surface area contributed by atoms with E-state index in [-0.39, 0.29) is 17.9 Å². The third kappa shape index (κ3) is 5.42. The fraction of sp³-hybridized carbons (Fsp3) is 0.259. The number of fused-ring (bicyclic) bond motifs is 3. The first kappa shape index (κ1) is 25.5. The van der Waals surface area contributed by atoms with Crippen LogP contribution in [0.2, 0.25) is 0 Å². The average molecular weight is 539 g/mol. The number of halogens is 2. The number of carbonyl (C=O) groups is 3. The van der Waals surface area contributed by atoms with Crippen LogP contribution in [0.25, 0.3) is 16.2 Å². The van der Waals surface area contributed by atoms with E-state index in [1.807, 2.05) is 22.7 Å². The van der Waals surface area contributed by atoms with Crippen LogP contribution in [-0.4, -0.2) is 38.3 Å². The molecule has 11 heteroatoms. The van der Waals surface area contributed by atoms with Crippen LogP contribution in [0.15, 0.2) is 48.7 Å². The van der Waals surface area contributed by atoms with Gasteiger partial charge < -0.3 is 15.7 Å². The lowest BCUT2D eigenvalue weighted by atomic mass is 9.91. The minimum Gasteiger partial charge on any atom is -0.481 e. The van der Waals surface area contributed by atoms with Gasteiger partial charge in [-0.05, 0) is 56.0 Å². The number of rotatable bonds is 7. The van der Waals surface area contributed by atoms with Gasteiger partial charge >= 0.3 is 5.97 Å². The molecule has 0 bridgehead atoms. The molecule has 38 heavy (non-hydrogen) atoms. The normalized spacial score (nSPS) is 15.6. The minimum absolute atomic E-state index is 0.173. The number of carbonyl (C=O) groups excluding carboxylic acids is 2. The summed E-state index contributed by atoms with van der Waals surface area (Å²) in [6, 6.07) is 9.13. The Balaban J connectivity index is 1.20. The molecular weight excluding hydrogens is 514 g/mol. The second-order valence-corrected chi connectivity index (χ2v) is 10.4. The highest BCUT2D eigenvalue weighted by Crippen LogP contribution is 2.34. The lowest BCUT2D eigenvalue weighted by molar-refractivity contribution is -0.142. The first-order chi connectivity index (χ1) is 18.2. The van der Waals surface area contributed by atoms with E-state index in [1.165, 1.54) is 18.3 Å². The zero-order valence-electron chi connectivity index (χ0n) is 20.3. The van der Waals surface area contributed by atoms with Crippen molar-refractivity contribution in [3.8, 4) is 11.3 Å². The number of aromatic nitrogens is 2. The van der Waals surface area contributed by atoms with Crippen LogP contribution in [0.5, 0.6) is 0 Å². The number of aliphatic carboxylic acids is 1. The van der Waals surface area contributed by atoms with Crippen molar-refractivity contribution in [1.29, 1.82) is 0 Å². The zero-order chi connectivity index (χ0) is 27.0. The number of nitrogens with one attached hydrogen (secondary N) is 2. The van der Waals surface area contributed by atoms with E-state index in [1.54, 1.807) is 12.1 Å². The number of hydrogen-bond acceptors (Lipinski definition) is 5. The summed E-state index contributed by atoms with van der Waals surface area (Å²) in [7, 11) is 0. The van der Waals surface area contributed by atoms with E-state index in [9.17, 15) is 28.3 Å². The molecule has 2 heterocycles. The Morgan fingerprint density at radius 1 is 1.16 bits per heavy atom. The van der Waals surface area contributed by atoms with Gasteiger partial charge in [-0.25, -0.2) is 13.8 Å². The molecule has 2 atom stereocenters. The average Bonchev–Trinajstić information content (AvgIpc) is 3.41. The molecule has 0 spiro atoms. The first-order valence-electron chi connectivity index (χ1n) is 12.0. The van der Waals surface area contributed by atoms with E-state index in [0.717, 1.165) is 45.0 Å². The summed E-state index contributed by atoms with van der Waals surface area (Å²) in [4.78, 5) is 42.7. The van der Waals surface area contributed by atoms with Crippen molar-refractivity contribution in [3.05, 3.63) is 76.4 Å². The summed E-state index contributed by atoms with van der Waals surface area (Å²) in [5.41, 5.74) is 3.45. The van der Waals surface area contributed by atoms with E-state index in [2.05, 4.69) is 10.6 Å². The van der Waals surface area contributed by atoms with Crippen LogP contribution in [0.1, 0.15) is 29.5 Å². The van der Waals surface area contributed by atoms with Crippen LogP contribution in [0.4, 0.5) is 14.5 Å². The number of carboxylic acid groups (broad SMARTS) is 1. The van der Waals surface area contributed by atoms with Crippen LogP contribution >= 0.6 is 11.3 Å². The zero-order valence-corrected chi connectivity index (χ0v) is 21.1. The molecule has 2 amide bonds. The SMILES string of the molecule is C[C@H](NC(=O)Cc1cc(F)cc(F)c1)C(=O)Nc1ccc(-c2cn3c4c(sc3n2)CC(C(=O)O)CC4)cc1. The number of amides is 2. The molecule has 0 saturated carbocycles. The van der Waals surface area contributed by atoms with Gasteiger partial charge in [0.1, 0.15) is 17.7 Å². The number of anilines is 1. The van der Waals surface area contributed by atoms with Crippen molar-refractivity contribution in [3.63, 3.8) is 0 Å². The summed E-state index contributed by atoms with van der Waals surface area (Å²) in [5.74, 6) is -3.62. The lowest BCUT2D eigenvalue weighted by Crippen LogP contribution is -2.42. The van der Waals surface area contributed by atoms with Crippen molar-refractivity contribution in [2.75, 3.05) is 5.32 Å². The minimum atomic E-state index is -0.868. The van der Waals surface area contributed by atoms with Gasteiger partial charge in [0.15, 0.2) is 4.96 Å². The summed E-state index contributed by atoms with van der Waals surface area (Å²) in [6.07, 6.45) is 3.53. The number of imidazole rings is 1. The summed E-state index contributed by atoms with van der Waals surface area (Å²) in [5, 5.41) is 14.6. The Hall–Kier alpha value is -4.12. The fourth-order valence-electron chi connectivity index (χ4n) is 4.57. The molecular formula is C27H24F2N4O4S. The summed E-state index contributed by atoms with van der Waals surface area (Å²) < 4.78 is 28.7. The molecule has 2 aromatic carbocycles. The number of thiazole rings is 1. The fourth-order valence-corrected chi connectivity index (χ4v) is 5.80. The van der Waals surface area contributed by atoms with Gasteiger partial charge in [-0.15, -0.1) is 11.3 Å². The number of carboxylic acids is 1. The van der Waals surface area contributed by atoms with Crippen molar-refractivity contribution in [1.82, 2.24) is 14.7 Å². The lowest BCUT2D eigenvalue weighted by Gasteiger charge is -2.17. The van der Waals surface area contributed by atoms with Crippen molar-refractivity contribution in [2.45, 2.75) is 38.6 Å². The Bertz CT molecular complexity index is 1530. The molecule has 4 aromatic rings. The van der Waals surface area contributed by atoms with Crippen molar-refractivity contribution < 1.29 is 28.3 Å². The molecule has 0 saturated heterocycles. The molecule has 0 fully saturated rings. The molecule has 3 N–H and O–H groups in total. The van der Waals surface area contributed by atoms with Gasteiger partial charge in [0.05, 0.1) is 18.0 Å². The maximum Gasteiger partial charge on any atom is 0.306 e. The number of hydrogen-bond donors (Lipinski definition) is 3. The Labute approximate surface area is 220 Å². The second kappa shape index (κ2) is 10.3. The third-order valence-electron chi connectivity index (χ3n) is 6.52. The molecule has 1 unspecified atom stereocenters. The molecule has 2 aromatic heterocycles. The topological polar surface area (TPSA) is 113 Å². The molecule has 196 valence electrons. The van der Waals surface area contributed by atoms with Crippen LogP contribution in [-0.2, 0) is 33.6 Å². The summed E-state index contributed by atoms with van der Waals surface area (Å²) >= 11 is 1.52. The van der Waals surface area contributed by atoms with Gasteiger partial charge in [-0.3, -0.25) is 18.8 Å². The van der Waals surface area contributed by atoms with Gasteiger partial charge in [0, 0.05) is 34.1 Å². The smallest absolute Gasteiger partial charge is 0.306 e. The predicted molar refractivity (Wildman–Crippen MR) is 138 cm³/mol. The Morgan fingerprint density at radius 3 is 2.55 bits per heavy atom. The molecule has 0 radical (unpaired) electrons. The van der Waals surface area contributed by atoms with Gasteiger partial charge in [0.25, 0.3) is 0 Å². The monoisotopic (exact) mass is 538 g/mol. The van der Waals surface area contributed by atoms with E-state index in [0.29, 0.717) is 24.9 Å². The standard InChI is InChI=1S/C27H24F2N4O4S/c1-14(30-24(34)10-15-8-18(28)12-19(29)9-15)25(35)31-20-5-2-16(3-6-20)21-13-33-22-7-4-17(26(36)37)11-23(22)38-27(33)32-21/h2-3,5-6,8-9,12-14,17H,4,7,10-11H2,1H3,(H,30,34)(H,31,35)(H,36,37)/t14-,17?/m0/s1. The largest absolute Gasteiger partial charge is 0.481 e.